The summed E-state index contributed by atoms with van der Waals surface area (Å²) in [4.78, 5) is 26.8. The van der Waals surface area contributed by atoms with Crippen molar-refractivity contribution in [2.45, 2.75) is 83.3 Å². The van der Waals surface area contributed by atoms with Crippen LogP contribution in [-0.2, 0) is 28.7 Å². The third kappa shape index (κ3) is 8.81. The molecule has 2 amide bonds. The number of benzene rings is 2. The molecule has 236 valence electrons. The molecular formula is C32H44F3N5O3. The molecule has 0 saturated carbocycles. The van der Waals surface area contributed by atoms with Gasteiger partial charge < -0.3 is 26.5 Å². The lowest BCUT2D eigenvalue weighted by Crippen LogP contribution is -2.63. The maximum atomic E-state index is 13.5. The first-order valence-electron chi connectivity index (χ1n) is 14.9. The SMILES string of the molecule is CCCC(CCC)NC(=O)C1=CC(C(N)=O)([C@H](Cc2ccccc2)[C@@H](O)CNCc2cccc(C(F)(F)F)c2)NN1CC. The van der Waals surface area contributed by atoms with Gasteiger partial charge in [0.1, 0.15) is 11.2 Å². The monoisotopic (exact) mass is 603 g/mol. The highest BCUT2D eigenvalue weighted by Crippen LogP contribution is 2.34. The average molecular weight is 604 g/mol. The van der Waals surface area contributed by atoms with Gasteiger partial charge in [-0.2, -0.15) is 13.2 Å². The van der Waals surface area contributed by atoms with Gasteiger partial charge in [0.05, 0.1) is 11.7 Å². The molecule has 1 heterocycles. The molecule has 6 N–H and O–H groups in total. The fourth-order valence-corrected chi connectivity index (χ4v) is 5.62. The summed E-state index contributed by atoms with van der Waals surface area (Å²) in [5.41, 5.74) is 8.31. The van der Waals surface area contributed by atoms with E-state index in [0.29, 0.717) is 12.1 Å². The van der Waals surface area contributed by atoms with Gasteiger partial charge in [0, 0.05) is 31.6 Å². The van der Waals surface area contributed by atoms with Crippen molar-refractivity contribution in [1.82, 2.24) is 21.1 Å². The highest BCUT2D eigenvalue weighted by molar-refractivity contribution is 5.97. The first-order valence-corrected chi connectivity index (χ1v) is 14.9. The van der Waals surface area contributed by atoms with Crippen LogP contribution in [0.25, 0.3) is 0 Å². The fraction of sp³-hybridized carbons (Fsp3) is 0.500. The second-order valence-corrected chi connectivity index (χ2v) is 11.1. The zero-order valence-electron chi connectivity index (χ0n) is 25.1. The summed E-state index contributed by atoms with van der Waals surface area (Å²) in [7, 11) is 0. The van der Waals surface area contributed by atoms with Crippen LogP contribution in [0.3, 0.4) is 0 Å². The van der Waals surface area contributed by atoms with Gasteiger partial charge in [0.15, 0.2) is 0 Å². The number of amides is 2. The third-order valence-corrected chi connectivity index (χ3v) is 7.83. The van der Waals surface area contributed by atoms with Gasteiger partial charge in [0.2, 0.25) is 5.91 Å². The number of hydrogen-bond donors (Lipinski definition) is 5. The zero-order chi connectivity index (χ0) is 31.6. The smallest absolute Gasteiger partial charge is 0.391 e. The molecule has 0 aliphatic carbocycles. The van der Waals surface area contributed by atoms with Crippen molar-refractivity contribution in [1.29, 1.82) is 0 Å². The standard InChI is InChI=1S/C32H44F3N5O3/c1-4-11-25(12-5-2)38-29(42)27-19-31(30(36)43,39-40(27)6-3)26(18-22-13-8-7-9-14-22)28(41)21-37-20-23-15-10-16-24(17-23)32(33,34)35/h7-10,13-17,19,25-26,28,37,39,41H,4-6,11-12,18,20-21H2,1-3H3,(H2,36,43)(H,38,42)/t26-,28+,31?/m1/s1. The number of nitrogens with zero attached hydrogens (tertiary/aromatic N) is 1. The summed E-state index contributed by atoms with van der Waals surface area (Å²) < 4.78 is 39.5. The van der Waals surface area contributed by atoms with E-state index in [-0.39, 0.29) is 37.2 Å². The van der Waals surface area contributed by atoms with Crippen LogP contribution < -0.4 is 21.8 Å². The van der Waals surface area contributed by atoms with Crippen LogP contribution in [0, 0.1) is 5.92 Å². The predicted molar refractivity (Wildman–Crippen MR) is 160 cm³/mol. The molecule has 3 atom stereocenters. The molecule has 43 heavy (non-hydrogen) atoms. The van der Waals surface area contributed by atoms with Crippen molar-refractivity contribution in [3.8, 4) is 0 Å². The Hall–Kier alpha value is -3.41. The molecule has 1 unspecified atom stereocenters. The number of alkyl halides is 3. The Labute approximate surface area is 251 Å². The number of hydrogen-bond acceptors (Lipinski definition) is 6. The van der Waals surface area contributed by atoms with E-state index in [4.69, 9.17) is 5.73 Å². The van der Waals surface area contributed by atoms with Gasteiger partial charge in [-0.1, -0.05) is 75.2 Å². The fourth-order valence-electron chi connectivity index (χ4n) is 5.62. The molecule has 8 nitrogen and oxygen atoms in total. The number of carbonyl (C=O) groups excluding carboxylic acids is 2. The summed E-state index contributed by atoms with van der Waals surface area (Å²) >= 11 is 0. The minimum absolute atomic E-state index is 0.0172. The van der Waals surface area contributed by atoms with E-state index in [1.165, 1.54) is 12.1 Å². The first-order chi connectivity index (χ1) is 20.4. The highest BCUT2D eigenvalue weighted by Gasteiger charge is 2.51. The van der Waals surface area contributed by atoms with Crippen LogP contribution in [0.4, 0.5) is 13.2 Å². The Bertz CT molecular complexity index is 1230. The Morgan fingerprint density at radius 1 is 1.02 bits per heavy atom. The number of aliphatic hydroxyl groups excluding tert-OH is 1. The molecule has 2 aromatic carbocycles. The zero-order valence-corrected chi connectivity index (χ0v) is 25.1. The lowest BCUT2D eigenvalue weighted by molar-refractivity contribution is -0.137. The minimum atomic E-state index is -4.47. The number of aliphatic hydroxyl groups is 1. The third-order valence-electron chi connectivity index (χ3n) is 7.83. The van der Waals surface area contributed by atoms with Crippen molar-refractivity contribution < 1.29 is 27.9 Å². The molecule has 1 aliphatic rings. The van der Waals surface area contributed by atoms with E-state index in [1.807, 2.05) is 37.3 Å². The van der Waals surface area contributed by atoms with Crippen molar-refractivity contribution >= 4 is 11.8 Å². The summed E-state index contributed by atoms with van der Waals surface area (Å²) in [5.74, 6) is -1.92. The molecule has 0 radical (unpaired) electrons. The van der Waals surface area contributed by atoms with Crippen LogP contribution in [0.5, 0.6) is 0 Å². The Morgan fingerprint density at radius 2 is 1.67 bits per heavy atom. The van der Waals surface area contributed by atoms with Crippen molar-refractivity contribution in [3.63, 3.8) is 0 Å². The van der Waals surface area contributed by atoms with E-state index in [9.17, 15) is 27.9 Å². The molecule has 11 heteroatoms. The summed E-state index contributed by atoms with van der Waals surface area (Å²) in [5, 5.41) is 19.2. The molecule has 0 fully saturated rings. The van der Waals surface area contributed by atoms with Crippen molar-refractivity contribution in [2.24, 2.45) is 11.7 Å². The molecule has 0 saturated heterocycles. The molecule has 1 aliphatic heterocycles. The van der Waals surface area contributed by atoms with Gasteiger partial charge >= 0.3 is 6.18 Å². The number of hydrazine groups is 1. The number of nitrogens with one attached hydrogen (secondary N) is 3. The van der Waals surface area contributed by atoms with E-state index < -0.39 is 35.2 Å². The molecule has 0 bridgehead atoms. The number of rotatable bonds is 16. The van der Waals surface area contributed by atoms with E-state index in [2.05, 4.69) is 29.9 Å². The van der Waals surface area contributed by atoms with Gasteiger partial charge in [-0.15, -0.1) is 0 Å². The summed E-state index contributed by atoms with van der Waals surface area (Å²) in [6.07, 6.45) is -0.426. The molecular weight excluding hydrogens is 559 g/mol. The van der Waals surface area contributed by atoms with Gasteiger partial charge in [0.25, 0.3) is 5.91 Å². The quantitative estimate of drug-likeness (QED) is 0.198. The van der Waals surface area contributed by atoms with E-state index in [0.717, 1.165) is 43.4 Å². The number of nitrogens with two attached hydrogens (primary N) is 1. The molecule has 0 spiro atoms. The van der Waals surface area contributed by atoms with E-state index >= 15 is 0 Å². The lowest BCUT2D eigenvalue weighted by Gasteiger charge is -2.38. The van der Waals surface area contributed by atoms with Crippen LogP contribution >= 0.6 is 0 Å². The number of primary amides is 1. The van der Waals surface area contributed by atoms with Crippen LogP contribution in [0.15, 0.2) is 66.4 Å². The Morgan fingerprint density at radius 3 is 2.26 bits per heavy atom. The van der Waals surface area contributed by atoms with Crippen molar-refractivity contribution in [3.05, 3.63) is 83.1 Å². The second-order valence-electron chi connectivity index (χ2n) is 11.1. The number of likely N-dealkylation sites (N-methyl/N-ethyl adjacent to an activating group) is 1. The van der Waals surface area contributed by atoms with Gasteiger partial charge in [-0.3, -0.25) is 9.59 Å². The van der Waals surface area contributed by atoms with Crippen LogP contribution in [-0.4, -0.2) is 52.7 Å². The van der Waals surface area contributed by atoms with Gasteiger partial charge in [-0.25, -0.2) is 5.43 Å². The van der Waals surface area contributed by atoms with E-state index in [1.54, 1.807) is 11.1 Å². The van der Waals surface area contributed by atoms with Crippen LogP contribution in [0.1, 0.15) is 63.1 Å². The molecule has 0 aromatic heterocycles. The minimum Gasteiger partial charge on any atom is -0.391 e. The molecule has 3 rings (SSSR count). The van der Waals surface area contributed by atoms with Crippen LogP contribution in [0.2, 0.25) is 0 Å². The lowest BCUT2D eigenvalue weighted by atomic mass is 9.76. The largest absolute Gasteiger partial charge is 0.416 e. The first kappa shape index (κ1) is 34.1. The van der Waals surface area contributed by atoms with Crippen molar-refractivity contribution in [2.75, 3.05) is 13.1 Å². The second kappa shape index (κ2) is 15.4. The Balaban J connectivity index is 1.91. The van der Waals surface area contributed by atoms with Gasteiger partial charge in [-0.05, 0) is 49.5 Å². The molecule has 2 aromatic rings. The number of halogens is 3. The topological polar surface area (TPSA) is 120 Å². The summed E-state index contributed by atoms with van der Waals surface area (Å²) in [6, 6.07) is 14.2. The normalized spacial score (nSPS) is 18.4. The summed E-state index contributed by atoms with van der Waals surface area (Å²) in [6.45, 7) is 6.32. The Kier molecular flexibility index (Phi) is 12.2. The average Bonchev–Trinajstić information content (AvgIpc) is 3.38. The maximum absolute atomic E-state index is 13.5. The maximum Gasteiger partial charge on any atom is 0.416 e. The number of carbonyl (C=O) groups is 2. The highest BCUT2D eigenvalue weighted by atomic mass is 19.4. The predicted octanol–water partition coefficient (Wildman–Crippen LogP) is 4.05.